The molecular weight excluding hydrogens is 288 g/mol. The normalized spacial score (nSPS) is 16.0. The first kappa shape index (κ1) is 15.4. The molecule has 2 aromatic rings. The van der Waals surface area contributed by atoms with Crippen LogP contribution in [-0.2, 0) is 14.3 Å². The van der Waals surface area contributed by atoms with Crippen LogP contribution in [0.15, 0.2) is 85.0 Å². The molecule has 0 saturated heterocycles. The van der Waals surface area contributed by atoms with Gasteiger partial charge in [0.2, 0.25) is 5.79 Å². The van der Waals surface area contributed by atoms with Crippen molar-refractivity contribution < 1.29 is 14.3 Å². The summed E-state index contributed by atoms with van der Waals surface area (Å²) in [5.74, 6) is -1.12. The van der Waals surface area contributed by atoms with Crippen molar-refractivity contribution in [3.63, 3.8) is 0 Å². The summed E-state index contributed by atoms with van der Waals surface area (Å²) in [6, 6.07) is 19.9. The fourth-order valence-electron chi connectivity index (χ4n) is 2.54. The van der Waals surface area contributed by atoms with E-state index in [2.05, 4.69) is 0 Å². The van der Waals surface area contributed by atoms with Gasteiger partial charge in [0.15, 0.2) is 5.78 Å². The maximum absolute atomic E-state index is 11.4. The van der Waals surface area contributed by atoms with Gasteiger partial charge in [0, 0.05) is 7.11 Å². The summed E-state index contributed by atoms with van der Waals surface area (Å²) in [5.41, 5.74) is 2.04. The second kappa shape index (κ2) is 6.73. The summed E-state index contributed by atoms with van der Waals surface area (Å²) >= 11 is 0. The van der Waals surface area contributed by atoms with Crippen LogP contribution < -0.4 is 0 Å². The Morgan fingerprint density at radius 1 is 0.826 bits per heavy atom. The Morgan fingerprint density at radius 3 is 1.74 bits per heavy atom. The van der Waals surface area contributed by atoms with Crippen molar-refractivity contribution in [1.82, 2.24) is 0 Å². The van der Waals surface area contributed by atoms with Crippen LogP contribution in [0.2, 0.25) is 0 Å². The Kier molecular flexibility index (Phi) is 4.51. The monoisotopic (exact) mass is 306 g/mol. The van der Waals surface area contributed by atoms with E-state index < -0.39 is 5.79 Å². The van der Waals surface area contributed by atoms with Crippen LogP contribution in [0.1, 0.15) is 17.2 Å². The molecule has 3 heteroatoms. The lowest BCUT2D eigenvalue weighted by Gasteiger charge is -2.32. The van der Waals surface area contributed by atoms with Crippen LogP contribution in [0.5, 0.6) is 0 Å². The van der Waals surface area contributed by atoms with E-state index in [9.17, 15) is 4.79 Å². The zero-order chi connectivity index (χ0) is 16.1. The Morgan fingerprint density at radius 2 is 1.30 bits per heavy atom. The minimum absolute atomic E-state index is 0.0720. The number of rotatable bonds is 5. The molecule has 0 amide bonds. The molecule has 0 unspecified atom stereocenters. The number of ether oxygens (including phenoxy) is 2. The molecule has 1 aliphatic rings. The van der Waals surface area contributed by atoms with Crippen LogP contribution >= 0.6 is 0 Å². The highest BCUT2D eigenvalue weighted by Gasteiger charge is 2.32. The zero-order valence-electron chi connectivity index (χ0n) is 12.9. The zero-order valence-corrected chi connectivity index (χ0v) is 12.9. The quantitative estimate of drug-likeness (QED) is 0.788. The van der Waals surface area contributed by atoms with Gasteiger partial charge in [0.1, 0.15) is 6.10 Å². The van der Waals surface area contributed by atoms with Crippen LogP contribution in [0.25, 0.3) is 0 Å². The van der Waals surface area contributed by atoms with Crippen LogP contribution in [0.3, 0.4) is 0 Å². The number of carbonyl (C=O) groups is 1. The first-order valence-corrected chi connectivity index (χ1v) is 7.48. The molecule has 3 nitrogen and oxygen atoms in total. The minimum atomic E-state index is -1.05. The highest BCUT2D eigenvalue weighted by atomic mass is 16.7. The summed E-state index contributed by atoms with van der Waals surface area (Å²) in [6.45, 7) is 0. The molecule has 0 bridgehead atoms. The predicted molar refractivity (Wildman–Crippen MR) is 88.8 cm³/mol. The Balaban J connectivity index is 1.98. The average molecular weight is 306 g/mol. The van der Waals surface area contributed by atoms with E-state index in [0.29, 0.717) is 0 Å². The summed E-state index contributed by atoms with van der Waals surface area (Å²) in [7, 11) is 1.57. The molecule has 0 aromatic heterocycles. The molecule has 0 saturated carbocycles. The van der Waals surface area contributed by atoms with Crippen molar-refractivity contribution >= 4 is 5.78 Å². The minimum Gasteiger partial charge on any atom is -0.346 e. The number of methoxy groups -OCH3 is 1. The second-order valence-corrected chi connectivity index (χ2v) is 5.31. The molecule has 1 aliphatic carbocycles. The van der Waals surface area contributed by atoms with Gasteiger partial charge < -0.3 is 9.47 Å². The van der Waals surface area contributed by atoms with Gasteiger partial charge in [0.05, 0.1) is 0 Å². The number of allylic oxidation sites excluding steroid dienone is 2. The molecule has 23 heavy (non-hydrogen) atoms. The van der Waals surface area contributed by atoms with E-state index >= 15 is 0 Å². The van der Waals surface area contributed by atoms with Crippen LogP contribution in [0.4, 0.5) is 0 Å². The third-order valence-corrected chi connectivity index (χ3v) is 3.79. The van der Waals surface area contributed by atoms with Crippen molar-refractivity contribution in [2.45, 2.75) is 11.9 Å². The Hall–Kier alpha value is -2.49. The Labute approximate surface area is 135 Å². The third kappa shape index (κ3) is 3.47. The van der Waals surface area contributed by atoms with E-state index in [1.807, 2.05) is 60.7 Å². The average Bonchev–Trinajstić information content (AvgIpc) is 2.63. The Bertz CT molecular complexity index is 662. The standard InChI is InChI=1S/C20H18O3/c1-22-20(14-12-18(21)13-15-20)23-19(16-8-4-2-5-9-16)17-10-6-3-7-11-17/h2-15,19H,1H3. The molecule has 116 valence electrons. The van der Waals surface area contributed by atoms with E-state index in [1.54, 1.807) is 19.3 Å². The van der Waals surface area contributed by atoms with Gasteiger partial charge in [-0.1, -0.05) is 60.7 Å². The SMILES string of the molecule is COC1(OC(c2ccccc2)c2ccccc2)C=CC(=O)C=C1. The fourth-order valence-corrected chi connectivity index (χ4v) is 2.54. The van der Waals surface area contributed by atoms with E-state index in [-0.39, 0.29) is 11.9 Å². The highest BCUT2D eigenvalue weighted by Crippen LogP contribution is 2.33. The molecular formula is C20H18O3. The molecule has 0 heterocycles. The molecule has 0 spiro atoms. The molecule has 0 N–H and O–H groups in total. The van der Waals surface area contributed by atoms with E-state index in [1.165, 1.54) is 12.2 Å². The summed E-state index contributed by atoms with van der Waals surface area (Å²) in [4.78, 5) is 11.4. The number of benzene rings is 2. The highest BCUT2D eigenvalue weighted by molar-refractivity contribution is 6.00. The van der Waals surface area contributed by atoms with Crippen molar-refractivity contribution in [2.24, 2.45) is 0 Å². The van der Waals surface area contributed by atoms with Crippen molar-refractivity contribution in [2.75, 3.05) is 7.11 Å². The van der Waals surface area contributed by atoms with Crippen molar-refractivity contribution in [1.29, 1.82) is 0 Å². The van der Waals surface area contributed by atoms with Gasteiger partial charge >= 0.3 is 0 Å². The van der Waals surface area contributed by atoms with E-state index in [4.69, 9.17) is 9.47 Å². The van der Waals surface area contributed by atoms with Crippen molar-refractivity contribution in [3.8, 4) is 0 Å². The fraction of sp³-hybridized carbons (Fsp3) is 0.150. The summed E-state index contributed by atoms with van der Waals surface area (Å²) in [6.07, 6.45) is 5.93. The lowest BCUT2D eigenvalue weighted by atomic mass is 10.00. The first-order chi connectivity index (χ1) is 11.2. The number of hydrogen-bond donors (Lipinski definition) is 0. The summed E-state index contributed by atoms with van der Waals surface area (Å²) in [5, 5.41) is 0. The largest absolute Gasteiger partial charge is 0.346 e. The molecule has 0 radical (unpaired) electrons. The van der Waals surface area contributed by atoms with Gasteiger partial charge in [-0.25, -0.2) is 0 Å². The van der Waals surface area contributed by atoms with E-state index in [0.717, 1.165) is 11.1 Å². The van der Waals surface area contributed by atoms with Gasteiger partial charge in [-0.3, -0.25) is 4.79 Å². The summed E-state index contributed by atoms with van der Waals surface area (Å²) < 4.78 is 11.9. The second-order valence-electron chi connectivity index (χ2n) is 5.31. The molecule has 0 aliphatic heterocycles. The maximum Gasteiger partial charge on any atom is 0.209 e. The molecule has 0 atom stereocenters. The molecule has 0 fully saturated rings. The third-order valence-electron chi connectivity index (χ3n) is 3.79. The number of ketones is 1. The van der Waals surface area contributed by atoms with Crippen molar-refractivity contribution in [3.05, 3.63) is 96.1 Å². The van der Waals surface area contributed by atoms with Gasteiger partial charge in [-0.2, -0.15) is 0 Å². The van der Waals surface area contributed by atoms with Gasteiger partial charge in [-0.05, 0) is 35.4 Å². The predicted octanol–water partition coefficient (Wildman–Crippen LogP) is 3.83. The molecule has 2 aromatic carbocycles. The van der Waals surface area contributed by atoms with Gasteiger partial charge in [-0.15, -0.1) is 0 Å². The first-order valence-electron chi connectivity index (χ1n) is 7.48. The van der Waals surface area contributed by atoms with Crippen LogP contribution in [-0.4, -0.2) is 18.7 Å². The number of carbonyl (C=O) groups excluding carboxylic acids is 1. The maximum atomic E-state index is 11.4. The lowest BCUT2D eigenvalue weighted by molar-refractivity contribution is -0.176. The smallest absolute Gasteiger partial charge is 0.209 e. The topological polar surface area (TPSA) is 35.5 Å². The van der Waals surface area contributed by atoms with Crippen LogP contribution in [0, 0.1) is 0 Å². The number of hydrogen-bond acceptors (Lipinski definition) is 3. The lowest BCUT2D eigenvalue weighted by Crippen LogP contribution is -2.34. The molecule has 3 rings (SSSR count). The van der Waals surface area contributed by atoms with Gasteiger partial charge in [0.25, 0.3) is 0 Å².